The van der Waals surface area contributed by atoms with Gasteiger partial charge in [0.15, 0.2) is 0 Å². The fourth-order valence-corrected chi connectivity index (χ4v) is 3.36. The predicted octanol–water partition coefficient (Wildman–Crippen LogP) is 2.31. The summed E-state index contributed by atoms with van der Waals surface area (Å²) < 4.78 is 1.98. The van der Waals surface area contributed by atoms with Crippen molar-refractivity contribution in [2.24, 2.45) is 7.05 Å². The van der Waals surface area contributed by atoms with Crippen molar-refractivity contribution in [1.29, 1.82) is 0 Å². The Morgan fingerprint density at radius 3 is 2.83 bits per heavy atom. The number of hydrogen-bond donors (Lipinski definition) is 2. The van der Waals surface area contributed by atoms with Crippen molar-refractivity contribution in [1.82, 2.24) is 19.8 Å². The van der Waals surface area contributed by atoms with E-state index < -0.39 is 0 Å². The van der Waals surface area contributed by atoms with E-state index in [0.29, 0.717) is 15.7 Å². The monoisotopic (exact) mass is 367 g/mol. The number of nitrogens with one attached hydrogen (secondary N) is 2. The second kappa shape index (κ2) is 7.53. The maximum atomic E-state index is 12.5. The van der Waals surface area contributed by atoms with Crippen LogP contribution in [0.3, 0.4) is 0 Å². The zero-order chi connectivity index (χ0) is 17.1. The molecule has 1 atom stereocenters. The summed E-state index contributed by atoms with van der Waals surface area (Å²) in [4.78, 5) is 19.0. The van der Waals surface area contributed by atoms with E-state index in [1.165, 1.54) is 0 Å². The molecule has 0 saturated carbocycles. The molecule has 3 rings (SSSR count). The standard InChI is InChI=1S/C16H19Cl2N5O/c1-22-7-6-20-16(22)13-9-19-5-8-23(13)10-14(24)21-15-11(17)3-2-4-12(15)18/h2-4,6-7,13,19H,5,8-10H2,1H3,(H,21,24). The summed E-state index contributed by atoms with van der Waals surface area (Å²) in [6, 6.07) is 5.19. The van der Waals surface area contributed by atoms with Crippen molar-refractivity contribution in [2.75, 3.05) is 31.5 Å². The number of rotatable bonds is 4. The molecule has 1 unspecified atom stereocenters. The van der Waals surface area contributed by atoms with E-state index in [9.17, 15) is 4.79 Å². The van der Waals surface area contributed by atoms with Crippen LogP contribution in [0.2, 0.25) is 10.0 Å². The lowest BCUT2D eigenvalue weighted by molar-refractivity contribution is -0.118. The van der Waals surface area contributed by atoms with Crippen molar-refractivity contribution in [2.45, 2.75) is 6.04 Å². The van der Waals surface area contributed by atoms with Crippen LogP contribution >= 0.6 is 23.2 Å². The Hall–Kier alpha value is -1.60. The summed E-state index contributed by atoms with van der Waals surface area (Å²) in [6.45, 7) is 2.61. The van der Waals surface area contributed by atoms with Crippen LogP contribution in [0.25, 0.3) is 0 Å². The number of anilines is 1. The quantitative estimate of drug-likeness (QED) is 0.870. The average molecular weight is 368 g/mol. The van der Waals surface area contributed by atoms with E-state index in [1.54, 1.807) is 24.4 Å². The molecular weight excluding hydrogens is 349 g/mol. The SMILES string of the molecule is Cn1ccnc1C1CNCCN1CC(=O)Nc1c(Cl)cccc1Cl. The summed E-state index contributed by atoms with van der Waals surface area (Å²) in [5.41, 5.74) is 0.453. The first kappa shape index (κ1) is 17.2. The number of carbonyl (C=O) groups excluding carboxylic acids is 1. The maximum Gasteiger partial charge on any atom is 0.238 e. The van der Waals surface area contributed by atoms with Crippen molar-refractivity contribution >= 4 is 34.8 Å². The minimum absolute atomic E-state index is 0.0474. The molecule has 1 aliphatic heterocycles. The number of para-hydroxylation sites is 1. The van der Waals surface area contributed by atoms with Gasteiger partial charge in [-0.05, 0) is 12.1 Å². The van der Waals surface area contributed by atoms with Crippen LogP contribution < -0.4 is 10.6 Å². The Kier molecular flexibility index (Phi) is 5.40. The van der Waals surface area contributed by atoms with Gasteiger partial charge in [-0.2, -0.15) is 0 Å². The number of aromatic nitrogens is 2. The topological polar surface area (TPSA) is 62.2 Å². The van der Waals surface area contributed by atoms with Crippen molar-refractivity contribution < 1.29 is 4.79 Å². The fourth-order valence-electron chi connectivity index (χ4n) is 2.87. The molecular formula is C16H19Cl2N5O. The molecule has 2 aromatic rings. The highest BCUT2D eigenvalue weighted by molar-refractivity contribution is 6.39. The van der Waals surface area contributed by atoms with Gasteiger partial charge in [-0.3, -0.25) is 9.69 Å². The second-order valence-electron chi connectivity index (χ2n) is 5.73. The number of piperazine rings is 1. The van der Waals surface area contributed by atoms with Gasteiger partial charge in [-0.25, -0.2) is 4.98 Å². The zero-order valence-electron chi connectivity index (χ0n) is 13.3. The second-order valence-corrected chi connectivity index (χ2v) is 6.55. The zero-order valence-corrected chi connectivity index (χ0v) is 14.8. The van der Waals surface area contributed by atoms with E-state index >= 15 is 0 Å². The molecule has 0 spiro atoms. The first-order valence-electron chi connectivity index (χ1n) is 7.72. The molecule has 2 N–H and O–H groups in total. The largest absolute Gasteiger partial charge is 0.337 e. The summed E-state index contributed by atoms with van der Waals surface area (Å²) >= 11 is 12.2. The third-order valence-electron chi connectivity index (χ3n) is 4.08. The van der Waals surface area contributed by atoms with E-state index in [4.69, 9.17) is 23.2 Å². The Bertz CT molecular complexity index is 713. The minimum atomic E-state index is -0.147. The molecule has 1 aromatic heterocycles. The van der Waals surface area contributed by atoms with E-state index in [2.05, 4.69) is 20.5 Å². The Morgan fingerprint density at radius 2 is 2.17 bits per heavy atom. The van der Waals surface area contributed by atoms with Crippen LogP contribution in [0.5, 0.6) is 0 Å². The number of imidazole rings is 1. The maximum absolute atomic E-state index is 12.5. The molecule has 1 fully saturated rings. The van der Waals surface area contributed by atoms with Crippen molar-refractivity contribution in [3.05, 3.63) is 46.5 Å². The lowest BCUT2D eigenvalue weighted by Crippen LogP contribution is -2.49. The van der Waals surface area contributed by atoms with Gasteiger partial charge < -0.3 is 15.2 Å². The summed E-state index contributed by atoms with van der Waals surface area (Å²) in [7, 11) is 1.96. The highest BCUT2D eigenvalue weighted by Gasteiger charge is 2.28. The Labute approximate surface area is 150 Å². The van der Waals surface area contributed by atoms with Crippen LogP contribution in [0, 0.1) is 0 Å². The van der Waals surface area contributed by atoms with Gasteiger partial charge in [-0.1, -0.05) is 29.3 Å². The summed E-state index contributed by atoms with van der Waals surface area (Å²) in [5, 5.41) is 7.02. The molecule has 1 amide bonds. The van der Waals surface area contributed by atoms with Crippen LogP contribution in [-0.2, 0) is 11.8 Å². The highest BCUT2D eigenvalue weighted by atomic mass is 35.5. The normalized spacial score (nSPS) is 18.5. The molecule has 1 saturated heterocycles. The smallest absolute Gasteiger partial charge is 0.238 e. The number of amides is 1. The van der Waals surface area contributed by atoms with Gasteiger partial charge in [0.25, 0.3) is 0 Å². The van der Waals surface area contributed by atoms with Crippen molar-refractivity contribution in [3.63, 3.8) is 0 Å². The Balaban J connectivity index is 1.71. The highest BCUT2D eigenvalue weighted by Crippen LogP contribution is 2.30. The summed E-state index contributed by atoms with van der Waals surface area (Å²) in [5.74, 6) is 0.789. The molecule has 1 aliphatic rings. The number of nitrogens with zero attached hydrogens (tertiary/aromatic N) is 3. The van der Waals surface area contributed by atoms with Gasteiger partial charge in [0.2, 0.25) is 5.91 Å². The third kappa shape index (κ3) is 3.72. The predicted molar refractivity (Wildman–Crippen MR) is 95.5 cm³/mol. The molecule has 0 bridgehead atoms. The molecule has 24 heavy (non-hydrogen) atoms. The molecule has 2 heterocycles. The van der Waals surface area contributed by atoms with Crippen LogP contribution in [-0.4, -0.2) is 46.5 Å². The minimum Gasteiger partial charge on any atom is -0.337 e. The molecule has 0 radical (unpaired) electrons. The third-order valence-corrected chi connectivity index (χ3v) is 4.71. The molecule has 8 heteroatoms. The van der Waals surface area contributed by atoms with Crippen molar-refractivity contribution in [3.8, 4) is 0 Å². The molecule has 128 valence electrons. The van der Waals surface area contributed by atoms with Gasteiger partial charge >= 0.3 is 0 Å². The van der Waals surface area contributed by atoms with Gasteiger partial charge in [-0.15, -0.1) is 0 Å². The van der Waals surface area contributed by atoms with Crippen LogP contribution in [0.1, 0.15) is 11.9 Å². The van der Waals surface area contributed by atoms with Gasteiger partial charge in [0.05, 0.1) is 28.3 Å². The number of halogens is 2. The van der Waals surface area contributed by atoms with Gasteiger partial charge in [0, 0.05) is 39.1 Å². The molecule has 6 nitrogen and oxygen atoms in total. The van der Waals surface area contributed by atoms with E-state index in [1.807, 2.05) is 17.8 Å². The Morgan fingerprint density at radius 1 is 1.42 bits per heavy atom. The number of benzene rings is 1. The first-order chi connectivity index (χ1) is 11.6. The lowest BCUT2D eigenvalue weighted by Gasteiger charge is -2.35. The number of hydrogen-bond acceptors (Lipinski definition) is 4. The number of carbonyl (C=O) groups is 1. The summed E-state index contributed by atoms with van der Waals surface area (Å²) in [6.07, 6.45) is 3.68. The lowest BCUT2D eigenvalue weighted by atomic mass is 10.1. The number of aryl methyl sites for hydroxylation is 1. The molecule has 1 aromatic carbocycles. The van der Waals surface area contributed by atoms with E-state index in [-0.39, 0.29) is 18.5 Å². The fraction of sp³-hybridized carbons (Fsp3) is 0.375. The van der Waals surface area contributed by atoms with Crippen LogP contribution in [0.15, 0.2) is 30.6 Å². The van der Waals surface area contributed by atoms with Crippen LogP contribution in [0.4, 0.5) is 5.69 Å². The average Bonchev–Trinajstić information content (AvgIpc) is 2.98. The van der Waals surface area contributed by atoms with E-state index in [0.717, 1.165) is 25.5 Å². The molecule has 0 aliphatic carbocycles. The van der Waals surface area contributed by atoms with Gasteiger partial charge in [0.1, 0.15) is 5.82 Å². The first-order valence-corrected chi connectivity index (χ1v) is 8.47.